The summed E-state index contributed by atoms with van der Waals surface area (Å²) in [7, 11) is 1.46. The van der Waals surface area contributed by atoms with Crippen molar-refractivity contribution >= 4 is 23.5 Å². The maximum absolute atomic E-state index is 12.3. The van der Waals surface area contributed by atoms with E-state index in [0.717, 1.165) is 34.8 Å². The molecule has 2 rings (SSSR count). The van der Waals surface area contributed by atoms with Crippen LogP contribution in [0.2, 0.25) is 0 Å². The van der Waals surface area contributed by atoms with Crippen LogP contribution in [0.1, 0.15) is 37.7 Å². The molecule has 0 saturated carbocycles. The van der Waals surface area contributed by atoms with E-state index >= 15 is 0 Å². The molecule has 0 saturated heterocycles. The van der Waals surface area contributed by atoms with Crippen molar-refractivity contribution in [1.82, 2.24) is 14.9 Å². The minimum absolute atomic E-state index is 0.0343. The molecule has 0 aliphatic carbocycles. The topological polar surface area (TPSA) is 112 Å². The Morgan fingerprint density at radius 3 is 2.08 bits per heavy atom. The summed E-state index contributed by atoms with van der Waals surface area (Å²) in [5.74, 6) is -2.10. The molecule has 136 valence electrons. The third-order valence-electron chi connectivity index (χ3n) is 3.76. The first-order chi connectivity index (χ1) is 12.2. The molecule has 0 radical (unpaired) electrons. The zero-order chi connectivity index (χ0) is 19.4. The summed E-state index contributed by atoms with van der Waals surface area (Å²) < 4.78 is 0. The Morgan fingerprint density at radius 2 is 1.58 bits per heavy atom. The van der Waals surface area contributed by atoms with Crippen molar-refractivity contribution in [3.8, 4) is 0 Å². The van der Waals surface area contributed by atoms with Gasteiger partial charge in [-0.15, -0.1) is 0 Å². The monoisotopic (exact) mass is 356 g/mol. The van der Waals surface area contributed by atoms with Crippen LogP contribution >= 0.6 is 0 Å². The van der Waals surface area contributed by atoms with Crippen molar-refractivity contribution < 1.29 is 19.5 Å². The minimum Gasteiger partial charge on any atom is -0.476 e. The molecule has 0 aliphatic heterocycles. The van der Waals surface area contributed by atoms with Crippen LogP contribution in [0.25, 0.3) is 0 Å². The molecule has 0 bridgehead atoms. The SMILES string of the molecule is Cc1cc(C)c(NC(=O)CN(C)C(=O)c2cnc(C(=O)O)cn2)c(C)c1. The lowest BCUT2D eigenvalue weighted by Crippen LogP contribution is -2.35. The summed E-state index contributed by atoms with van der Waals surface area (Å²) in [6.45, 7) is 5.62. The Hall–Kier alpha value is -3.29. The molecule has 1 aromatic heterocycles. The first-order valence-corrected chi connectivity index (χ1v) is 7.87. The fourth-order valence-corrected chi connectivity index (χ4v) is 2.59. The lowest BCUT2D eigenvalue weighted by atomic mass is 10.1. The van der Waals surface area contributed by atoms with E-state index in [1.807, 2.05) is 32.9 Å². The van der Waals surface area contributed by atoms with Gasteiger partial charge in [-0.25, -0.2) is 14.8 Å². The molecule has 2 N–H and O–H groups in total. The number of aryl methyl sites for hydroxylation is 3. The van der Waals surface area contributed by atoms with Crippen LogP contribution in [-0.2, 0) is 4.79 Å². The predicted molar refractivity (Wildman–Crippen MR) is 95.2 cm³/mol. The summed E-state index contributed by atoms with van der Waals surface area (Å²) in [5.41, 5.74) is 3.43. The van der Waals surface area contributed by atoms with Gasteiger partial charge < -0.3 is 15.3 Å². The Labute approximate surface area is 150 Å². The Balaban J connectivity index is 2.04. The fraction of sp³-hybridized carbons (Fsp3) is 0.278. The number of carboxylic acid groups (broad SMARTS) is 1. The summed E-state index contributed by atoms with van der Waals surface area (Å²) in [6.07, 6.45) is 2.08. The number of amides is 2. The Morgan fingerprint density at radius 1 is 1.04 bits per heavy atom. The number of hydrogen-bond acceptors (Lipinski definition) is 5. The molecule has 0 aliphatic rings. The van der Waals surface area contributed by atoms with Gasteiger partial charge in [0.1, 0.15) is 5.69 Å². The average Bonchev–Trinajstić information content (AvgIpc) is 2.57. The third kappa shape index (κ3) is 4.41. The van der Waals surface area contributed by atoms with Gasteiger partial charge in [0.15, 0.2) is 5.69 Å². The van der Waals surface area contributed by atoms with Gasteiger partial charge in [0, 0.05) is 12.7 Å². The molecular formula is C18H20N4O4. The third-order valence-corrected chi connectivity index (χ3v) is 3.76. The molecule has 1 heterocycles. The van der Waals surface area contributed by atoms with Crippen LogP contribution < -0.4 is 5.32 Å². The molecule has 0 atom stereocenters. The van der Waals surface area contributed by atoms with E-state index in [1.54, 1.807) is 0 Å². The van der Waals surface area contributed by atoms with E-state index in [-0.39, 0.29) is 23.8 Å². The number of likely N-dealkylation sites (N-methyl/N-ethyl adjacent to an activating group) is 1. The maximum Gasteiger partial charge on any atom is 0.356 e. The zero-order valence-electron chi connectivity index (χ0n) is 15.0. The van der Waals surface area contributed by atoms with E-state index < -0.39 is 11.9 Å². The van der Waals surface area contributed by atoms with Gasteiger partial charge in [-0.3, -0.25) is 9.59 Å². The number of anilines is 1. The van der Waals surface area contributed by atoms with Crippen LogP contribution in [0.4, 0.5) is 5.69 Å². The minimum atomic E-state index is -1.23. The molecule has 8 heteroatoms. The normalized spacial score (nSPS) is 10.3. The second-order valence-corrected chi connectivity index (χ2v) is 6.08. The fourth-order valence-electron chi connectivity index (χ4n) is 2.59. The molecule has 0 unspecified atom stereocenters. The molecule has 0 spiro atoms. The largest absolute Gasteiger partial charge is 0.476 e. The van der Waals surface area contributed by atoms with Crippen molar-refractivity contribution in [3.05, 3.63) is 52.6 Å². The van der Waals surface area contributed by atoms with Crippen molar-refractivity contribution in [2.45, 2.75) is 20.8 Å². The highest BCUT2D eigenvalue weighted by Crippen LogP contribution is 2.21. The maximum atomic E-state index is 12.3. The Kier molecular flexibility index (Phi) is 5.66. The van der Waals surface area contributed by atoms with Crippen molar-refractivity contribution in [2.24, 2.45) is 0 Å². The number of aromatic carboxylic acids is 1. The van der Waals surface area contributed by atoms with Crippen molar-refractivity contribution in [1.29, 1.82) is 0 Å². The second kappa shape index (κ2) is 7.73. The van der Waals surface area contributed by atoms with E-state index in [0.29, 0.717) is 0 Å². The number of nitrogens with zero attached hydrogens (tertiary/aromatic N) is 3. The Bertz CT molecular complexity index is 839. The molecule has 26 heavy (non-hydrogen) atoms. The van der Waals surface area contributed by atoms with Gasteiger partial charge >= 0.3 is 5.97 Å². The number of carbonyl (C=O) groups excluding carboxylic acids is 2. The summed E-state index contributed by atoms with van der Waals surface area (Å²) in [5, 5.41) is 11.6. The second-order valence-electron chi connectivity index (χ2n) is 6.08. The number of nitrogens with one attached hydrogen (secondary N) is 1. The summed E-state index contributed by atoms with van der Waals surface area (Å²) in [6, 6.07) is 3.94. The van der Waals surface area contributed by atoms with Gasteiger partial charge in [-0.2, -0.15) is 0 Å². The quantitative estimate of drug-likeness (QED) is 0.845. The average molecular weight is 356 g/mol. The molecule has 0 fully saturated rings. The highest BCUT2D eigenvalue weighted by Gasteiger charge is 2.18. The van der Waals surface area contributed by atoms with Gasteiger partial charge in [-0.05, 0) is 31.9 Å². The number of hydrogen-bond donors (Lipinski definition) is 2. The van der Waals surface area contributed by atoms with Gasteiger partial charge in [0.25, 0.3) is 5.91 Å². The summed E-state index contributed by atoms with van der Waals surface area (Å²) in [4.78, 5) is 43.9. The van der Waals surface area contributed by atoms with Crippen LogP contribution in [0.3, 0.4) is 0 Å². The molecule has 2 aromatic rings. The van der Waals surface area contributed by atoms with E-state index in [2.05, 4.69) is 15.3 Å². The summed E-state index contributed by atoms with van der Waals surface area (Å²) >= 11 is 0. The van der Waals surface area contributed by atoms with E-state index in [9.17, 15) is 14.4 Å². The molecular weight excluding hydrogens is 336 g/mol. The number of benzene rings is 1. The molecule has 1 aromatic carbocycles. The first-order valence-electron chi connectivity index (χ1n) is 7.87. The van der Waals surface area contributed by atoms with E-state index in [1.165, 1.54) is 11.9 Å². The lowest BCUT2D eigenvalue weighted by Gasteiger charge is -2.18. The molecule has 8 nitrogen and oxygen atoms in total. The standard InChI is InChI=1S/C18H20N4O4/c1-10-5-11(2)16(12(3)6-10)21-15(23)9-22(4)17(24)13-7-20-14(8-19-13)18(25)26/h5-8H,9H2,1-4H3,(H,21,23)(H,25,26). The highest BCUT2D eigenvalue weighted by atomic mass is 16.4. The number of carbonyl (C=O) groups is 3. The van der Waals surface area contributed by atoms with Crippen LogP contribution in [0.5, 0.6) is 0 Å². The number of rotatable bonds is 5. The molecule has 2 amide bonds. The van der Waals surface area contributed by atoms with Crippen LogP contribution in [0, 0.1) is 20.8 Å². The smallest absolute Gasteiger partial charge is 0.356 e. The zero-order valence-corrected chi connectivity index (χ0v) is 15.0. The van der Waals surface area contributed by atoms with Crippen molar-refractivity contribution in [3.63, 3.8) is 0 Å². The van der Waals surface area contributed by atoms with E-state index in [4.69, 9.17) is 5.11 Å². The van der Waals surface area contributed by atoms with Crippen LogP contribution in [0.15, 0.2) is 24.5 Å². The van der Waals surface area contributed by atoms with Gasteiger partial charge in [0.05, 0.1) is 18.9 Å². The van der Waals surface area contributed by atoms with Crippen LogP contribution in [-0.4, -0.2) is 51.4 Å². The lowest BCUT2D eigenvalue weighted by molar-refractivity contribution is -0.116. The van der Waals surface area contributed by atoms with Gasteiger partial charge in [-0.1, -0.05) is 17.7 Å². The van der Waals surface area contributed by atoms with Gasteiger partial charge in [0.2, 0.25) is 5.91 Å². The predicted octanol–water partition coefficient (Wildman–Crippen LogP) is 1.81. The highest BCUT2D eigenvalue weighted by molar-refractivity contribution is 5.99. The number of aromatic nitrogens is 2. The van der Waals surface area contributed by atoms with Crippen molar-refractivity contribution in [2.75, 3.05) is 18.9 Å². The first kappa shape index (κ1) is 19.0. The number of carboxylic acids is 1.